The maximum Gasteiger partial charge on any atom is 0.140 e. The molecule has 2 aromatic carbocycles. The van der Waals surface area contributed by atoms with E-state index < -0.39 is 0 Å². The van der Waals surface area contributed by atoms with E-state index >= 15 is 0 Å². The number of nitrogens with one attached hydrogen (secondary N) is 1. The summed E-state index contributed by atoms with van der Waals surface area (Å²) < 4.78 is 0. The fraction of sp³-hybridized carbons (Fsp3) is 0.462. The molecule has 5 nitrogen and oxygen atoms in total. The number of anilines is 1. The fourth-order valence-electron chi connectivity index (χ4n) is 3.98. The lowest BCUT2D eigenvalue weighted by Gasteiger charge is -2.28. The number of aromatic hydroxyl groups is 1. The second kappa shape index (κ2) is 10.5. The minimum atomic E-state index is -0.153. The van der Waals surface area contributed by atoms with Crippen LogP contribution in [0, 0.1) is 0 Å². The average Bonchev–Trinajstić information content (AvgIpc) is 2.78. The quantitative estimate of drug-likeness (QED) is 0.383. The molecule has 172 valence electrons. The van der Waals surface area contributed by atoms with Crippen molar-refractivity contribution in [3.63, 3.8) is 0 Å². The lowest BCUT2D eigenvalue weighted by Crippen LogP contribution is -2.30. The summed E-state index contributed by atoms with van der Waals surface area (Å²) in [5.74, 6) is 2.04. The molecule has 3 rings (SSSR count). The van der Waals surface area contributed by atoms with E-state index in [2.05, 4.69) is 44.0 Å². The van der Waals surface area contributed by atoms with Crippen LogP contribution in [0.1, 0.15) is 52.8 Å². The first-order chi connectivity index (χ1) is 15.3. The number of halogens is 1. The van der Waals surface area contributed by atoms with Crippen LogP contribution in [0.4, 0.5) is 5.82 Å². The third-order valence-corrected chi connectivity index (χ3v) is 6.07. The van der Waals surface area contributed by atoms with Crippen LogP contribution in [-0.2, 0) is 5.41 Å². The SMILES string of the molecule is CCCN(CCC)c1nc(C(C)(C)CCNC)nc2ccc(-c3cc(Cl)ccc3O)cc12. The van der Waals surface area contributed by atoms with Crippen LogP contribution >= 0.6 is 11.6 Å². The van der Waals surface area contributed by atoms with Gasteiger partial charge in [-0.05, 0) is 68.8 Å². The van der Waals surface area contributed by atoms with Gasteiger partial charge in [-0.2, -0.15) is 0 Å². The van der Waals surface area contributed by atoms with Crippen molar-refractivity contribution >= 4 is 28.3 Å². The predicted molar refractivity (Wildman–Crippen MR) is 136 cm³/mol. The molecule has 0 aliphatic rings. The van der Waals surface area contributed by atoms with Gasteiger partial charge in [0.05, 0.1) is 5.52 Å². The van der Waals surface area contributed by atoms with Gasteiger partial charge in [0.1, 0.15) is 17.4 Å². The standard InChI is InChI=1S/C26H35ClN4O/c1-6-14-31(15-7-2)24-21-16-18(20-17-19(27)9-11-23(20)32)8-10-22(21)29-25(30-24)26(3,4)12-13-28-5/h8-11,16-17,28,32H,6-7,12-15H2,1-5H3. The predicted octanol–water partition coefficient (Wildman–Crippen LogP) is 6.17. The summed E-state index contributed by atoms with van der Waals surface area (Å²) in [5, 5.41) is 15.3. The zero-order valence-corrected chi connectivity index (χ0v) is 20.6. The van der Waals surface area contributed by atoms with E-state index in [-0.39, 0.29) is 11.2 Å². The third kappa shape index (κ3) is 5.33. The zero-order chi connectivity index (χ0) is 23.3. The highest BCUT2D eigenvalue weighted by molar-refractivity contribution is 6.31. The van der Waals surface area contributed by atoms with Crippen LogP contribution in [0.2, 0.25) is 5.02 Å². The number of benzene rings is 2. The van der Waals surface area contributed by atoms with Gasteiger partial charge in [0, 0.05) is 34.5 Å². The number of fused-ring (bicyclic) bond motifs is 1. The number of rotatable bonds is 10. The summed E-state index contributed by atoms with van der Waals surface area (Å²) in [5.41, 5.74) is 2.38. The molecule has 0 amide bonds. The van der Waals surface area contributed by atoms with Crippen LogP contribution in [-0.4, -0.2) is 41.8 Å². The molecule has 0 radical (unpaired) electrons. The minimum absolute atomic E-state index is 0.153. The van der Waals surface area contributed by atoms with Crippen molar-refractivity contribution in [3.8, 4) is 16.9 Å². The lowest BCUT2D eigenvalue weighted by atomic mass is 9.88. The molecular weight excluding hydrogens is 420 g/mol. The lowest BCUT2D eigenvalue weighted by molar-refractivity contribution is 0.443. The molecule has 3 aromatic rings. The number of nitrogens with zero attached hydrogens (tertiary/aromatic N) is 3. The van der Waals surface area contributed by atoms with Crippen molar-refractivity contribution < 1.29 is 5.11 Å². The van der Waals surface area contributed by atoms with E-state index in [0.717, 1.165) is 67.0 Å². The van der Waals surface area contributed by atoms with E-state index in [1.165, 1.54) is 0 Å². The Bertz CT molecular complexity index is 1060. The molecule has 32 heavy (non-hydrogen) atoms. The van der Waals surface area contributed by atoms with E-state index in [4.69, 9.17) is 21.6 Å². The Morgan fingerprint density at radius 1 is 1.03 bits per heavy atom. The summed E-state index contributed by atoms with van der Waals surface area (Å²) in [6.07, 6.45) is 3.03. The number of phenolic OH excluding ortho intramolecular Hbond substituents is 1. The highest BCUT2D eigenvalue weighted by Gasteiger charge is 2.26. The Kier molecular flexibility index (Phi) is 7.96. The summed E-state index contributed by atoms with van der Waals surface area (Å²) in [4.78, 5) is 12.5. The molecule has 0 unspecified atom stereocenters. The van der Waals surface area contributed by atoms with Gasteiger partial charge < -0.3 is 15.3 Å². The molecule has 0 saturated carbocycles. The van der Waals surface area contributed by atoms with Gasteiger partial charge in [-0.25, -0.2) is 9.97 Å². The number of aromatic nitrogens is 2. The molecule has 6 heteroatoms. The summed E-state index contributed by atoms with van der Waals surface area (Å²) in [6, 6.07) is 11.2. The highest BCUT2D eigenvalue weighted by Crippen LogP contribution is 2.36. The van der Waals surface area contributed by atoms with Gasteiger partial charge in [0.15, 0.2) is 0 Å². The average molecular weight is 455 g/mol. The van der Waals surface area contributed by atoms with Crippen molar-refractivity contribution in [2.75, 3.05) is 31.6 Å². The van der Waals surface area contributed by atoms with Gasteiger partial charge in [-0.1, -0.05) is 45.4 Å². The number of hydrogen-bond donors (Lipinski definition) is 2. The smallest absolute Gasteiger partial charge is 0.140 e. The maximum absolute atomic E-state index is 10.4. The maximum atomic E-state index is 10.4. The molecular formula is C26H35ClN4O. The fourth-order valence-corrected chi connectivity index (χ4v) is 4.15. The largest absolute Gasteiger partial charge is 0.507 e. The van der Waals surface area contributed by atoms with E-state index in [1.807, 2.05) is 19.2 Å². The first kappa shape index (κ1) is 24.3. The van der Waals surface area contributed by atoms with Gasteiger partial charge in [-0.15, -0.1) is 0 Å². The molecule has 0 fully saturated rings. The second-order valence-corrected chi connectivity index (χ2v) is 9.43. The van der Waals surface area contributed by atoms with Crippen molar-refractivity contribution in [1.29, 1.82) is 0 Å². The van der Waals surface area contributed by atoms with Crippen molar-refractivity contribution in [2.24, 2.45) is 0 Å². The number of phenols is 1. The van der Waals surface area contributed by atoms with Crippen LogP contribution < -0.4 is 10.2 Å². The van der Waals surface area contributed by atoms with Gasteiger partial charge in [0.2, 0.25) is 0 Å². The summed E-state index contributed by atoms with van der Waals surface area (Å²) in [7, 11) is 1.97. The second-order valence-electron chi connectivity index (χ2n) is 8.99. The van der Waals surface area contributed by atoms with Crippen molar-refractivity contribution in [1.82, 2.24) is 15.3 Å². The summed E-state index contributed by atoms with van der Waals surface area (Å²) >= 11 is 6.21. The summed E-state index contributed by atoms with van der Waals surface area (Å²) in [6.45, 7) is 11.6. The first-order valence-corrected chi connectivity index (χ1v) is 11.9. The minimum Gasteiger partial charge on any atom is -0.507 e. The zero-order valence-electron chi connectivity index (χ0n) is 19.9. The van der Waals surface area contributed by atoms with Crippen LogP contribution in [0.5, 0.6) is 5.75 Å². The van der Waals surface area contributed by atoms with Gasteiger partial charge >= 0.3 is 0 Å². The molecule has 0 spiro atoms. The Morgan fingerprint density at radius 2 is 1.75 bits per heavy atom. The van der Waals surface area contributed by atoms with Crippen LogP contribution in [0.15, 0.2) is 36.4 Å². The Labute approximate surface area is 196 Å². The Balaban J connectivity index is 2.23. The molecule has 0 atom stereocenters. The van der Waals surface area contributed by atoms with Gasteiger partial charge in [-0.3, -0.25) is 0 Å². The van der Waals surface area contributed by atoms with Crippen molar-refractivity contribution in [3.05, 3.63) is 47.2 Å². The highest BCUT2D eigenvalue weighted by atomic mass is 35.5. The topological polar surface area (TPSA) is 61.3 Å². The molecule has 1 aromatic heterocycles. The van der Waals surface area contributed by atoms with E-state index in [0.29, 0.717) is 10.6 Å². The molecule has 0 aliphatic heterocycles. The molecule has 0 saturated heterocycles. The van der Waals surface area contributed by atoms with E-state index in [1.54, 1.807) is 18.2 Å². The number of hydrogen-bond acceptors (Lipinski definition) is 5. The van der Waals surface area contributed by atoms with Crippen LogP contribution in [0.3, 0.4) is 0 Å². The first-order valence-electron chi connectivity index (χ1n) is 11.5. The molecule has 0 aliphatic carbocycles. The third-order valence-electron chi connectivity index (χ3n) is 5.84. The Morgan fingerprint density at radius 3 is 2.41 bits per heavy atom. The Hall–Kier alpha value is -2.37. The van der Waals surface area contributed by atoms with Crippen LogP contribution in [0.25, 0.3) is 22.0 Å². The monoisotopic (exact) mass is 454 g/mol. The molecule has 0 bridgehead atoms. The molecule has 2 N–H and O–H groups in total. The van der Waals surface area contributed by atoms with E-state index in [9.17, 15) is 5.11 Å². The van der Waals surface area contributed by atoms with Gasteiger partial charge in [0.25, 0.3) is 0 Å². The normalized spacial score (nSPS) is 11.8. The molecule has 1 heterocycles. The van der Waals surface area contributed by atoms with Crippen molar-refractivity contribution in [2.45, 2.75) is 52.4 Å².